The van der Waals surface area contributed by atoms with Gasteiger partial charge in [-0.3, -0.25) is 4.79 Å². The molecule has 5 nitrogen and oxygen atoms in total. The highest BCUT2D eigenvalue weighted by Gasteiger charge is 2.29. The molecule has 0 unspecified atom stereocenters. The summed E-state index contributed by atoms with van der Waals surface area (Å²) >= 11 is 6.22. The first kappa shape index (κ1) is 15.6. The minimum atomic E-state index is -0.412. The molecular formula is C16H21ClN2O3. The van der Waals surface area contributed by atoms with E-state index in [0.717, 1.165) is 24.9 Å². The molecule has 6 heteroatoms. The predicted molar refractivity (Wildman–Crippen MR) is 84.3 cm³/mol. The highest BCUT2D eigenvalue weighted by Crippen LogP contribution is 2.36. The largest absolute Gasteiger partial charge is 0.492 e. The number of ether oxygens (including phenoxy) is 2. The van der Waals surface area contributed by atoms with Crippen molar-refractivity contribution in [3.8, 4) is 5.75 Å². The summed E-state index contributed by atoms with van der Waals surface area (Å²) in [7, 11) is 2.00. The zero-order valence-electron chi connectivity index (χ0n) is 12.7. The Morgan fingerprint density at radius 3 is 3.09 bits per heavy atom. The van der Waals surface area contributed by atoms with Gasteiger partial charge in [-0.2, -0.15) is 0 Å². The molecule has 2 atom stereocenters. The van der Waals surface area contributed by atoms with Crippen LogP contribution in [0.3, 0.4) is 0 Å². The average Bonchev–Trinajstić information content (AvgIpc) is 2.71. The van der Waals surface area contributed by atoms with Gasteiger partial charge in [-0.05, 0) is 26.0 Å². The van der Waals surface area contributed by atoms with Crippen LogP contribution in [0.15, 0.2) is 18.2 Å². The van der Waals surface area contributed by atoms with Crippen molar-refractivity contribution in [2.45, 2.75) is 25.0 Å². The first-order valence-corrected chi connectivity index (χ1v) is 8.04. The van der Waals surface area contributed by atoms with Crippen LogP contribution in [0.1, 0.15) is 24.4 Å². The van der Waals surface area contributed by atoms with Crippen molar-refractivity contribution >= 4 is 17.5 Å². The molecule has 0 aliphatic carbocycles. The lowest BCUT2D eigenvalue weighted by Gasteiger charge is -2.30. The molecule has 0 aromatic heterocycles. The molecule has 0 saturated carbocycles. The van der Waals surface area contributed by atoms with Gasteiger partial charge in [-0.25, -0.2) is 0 Å². The SMILES string of the molecule is CN1CCO[C@@H](C(=O)N[C@H]2CCCOc3c(Cl)cccc32)C1. The molecule has 0 radical (unpaired) electrons. The lowest BCUT2D eigenvalue weighted by Crippen LogP contribution is -2.49. The normalized spacial score (nSPS) is 25.7. The molecular weight excluding hydrogens is 304 g/mol. The van der Waals surface area contributed by atoms with E-state index in [1.54, 1.807) is 0 Å². The van der Waals surface area contributed by atoms with E-state index in [1.807, 2.05) is 25.2 Å². The minimum Gasteiger partial charge on any atom is -0.492 e. The maximum atomic E-state index is 12.5. The highest BCUT2D eigenvalue weighted by molar-refractivity contribution is 6.32. The molecule has 1 fully saturated rings. The number of rotatable bonds is 2. The molecule has 1 saturated heterocycles. The number of benzene rings is 1. The van der Waals surface area contributed by atoms with Gasteiger partial charge < -0.3 is 19.7 Å². The van der Waals surface area contributed by atoms with Crippen molar-refractivity contribution in [3.05, 3.63) is 28.8 Å². The summed E-state index contributed by atoms with van der Waals surface area (Å²) in [5, 5.41) is 3.69. The number of likely N-dealkylation sites (N-methyl/N-ethyl adjacent to an activating group) is 1. The van der Waals surface area contributed by atoms with Crippen LogP contribution in [0, 0.1) is 0 Å². The van der Waals surface area contributed by atoms with E-state index in [9.17, 15) is 4.79 Å². The third-order valence-corrected chi connectivity index (χ3v) is 4.43. The fourth-order valence-electron chi connectivity index (χ4n) is 2.92. The van der Waals surface area contributed by atoms with Crippen molar-refractivity contribution in [2.24, 2.45) is 0 Å². The van der Waals surface area contributed by atoms with Gasteiger partial charge in [0.25, 0.3) is 5.91 Å². The number of halogens is 1. The van der Waals surface area contributed by atoms with Gasteiger partial charge in [0.05, 0.1) is 24.3 Å². The Morgan fingerprint density at radius 2 is 2.27 bits per heavy atom. The topological polar surface area (TPSA) is 50.8 Å². The van der Waals surface area contributed by atoms with Crippen LogP contribution in [0.4, 0.5) is 0 Å². The van der Waals surface area contributed by atoms with E-state index in [1.165, 1.54) is 0 Å². The maximum Gasteiger partial charge on any atom is 0.250 e. The van der Waals surface area contributed by atoms with Gasteiger partial charge in [0.1, 0.15) is 11.9 Å². The van der Waals surface area contributed by atoms with E-state index < -0.39 is 6.10 Å². The van der Waals surface area contributed by atoms with Crippen molar-refractivity contribution < 1.29 is 14.3 Å². The molecule has 2 aliphatic heterocycles. The van der Waals surface area contributed by atoms with Gasteiger partial charge >= 0.3 is 0 Å². The number of amides is 1. The second kappa shape index (κ2) is 6.86. The Kier molecular flexibility index (Phi) is 4.86. The van der Waals surface area contributed by atoms with Gasteiger partial charge in [0.15, 0.2) is 0 Å². The van der Waals surface area contributed by atoms with Crippen LogP contribution in [0.25, 0.3) is 0 Å². The van der Waals surface area contributed by atoms with E-state index in [-0.39, 0.29) is 11.9 Å². The lowest BCUT2D eigenvalue weighted by molar-refractivity contribution is -0.138. The third-order valence-electron chi connectivity index (χ3n) is 4.13. The standard InChI is InChI=1S/C16H21ClN2O3/c1-19-7-9-21-14(10-19)16(20)18-13-6-3-8-22-15-11(13)4-2-5-12(15)17/h2,4-5,13-14H,3,6-10H2,1H3,(H,18,20)/t13-,14+/m0/s1. The number of para-hydroxylation sites is 1. The quantitative estimate of drug-likeness (QED) is 0.904. The summed E-state index contributed by atoms with van der Waals surface area (Å²) < 4.78 is 11.3. The van der Waals surface area contributed by atoms with Crippen molar-refractivity contribution in [1.29, 1.82) is 0 Å². The first-order chi connectivity index (χ1) is 10.6. The Bertz CT molecular complexity index is 552. The van der Waals surface area contributed by atoms with E-state index in [0.29, 0.717) is 30.5 Å². The monoisotopic (exact) mass is 324 g/mol. The van der Waals surface area contributed by atoms with Crippen LogP contribution >= 0.6 is 11.6 Å². The van der Waals surface area contributed by atoms with Crippen molar-refractivity contribution in [1.82, 2.24) is 10.2 Å². The summed E-state index contributed by atoms with van der Waals surface area (Å²) in [6, 6.07) is 5.58. The van der Waals surface area contributed by atoms with Crippen LogP contribution in [0.5, 0.6) is 5.75 Å². The number of carbonyl (C=O) groups is 1. The second-order valence-electron chi connectivity index (χ2n) is 5.83. The summed E-state index contributed by atoms with van der Waals surface area (Å²) in [4.78, 5) is 14.6. The van der Waals surface area contributed by atoms with Crippen molar-refractivity contribution in [2.75, 3.05) is 33.4 Å². The maximum absolute atomic E-state index is 12.5. The zero-order chi connectivity index (χ0) is 15.5. The number of carbonyl (C=O) groups excluding carboxylic acids is 1. The van der Waals surface area contributed by atoms with Gasteiger partial charge in [-0.1, -0.05) is 23.7 Å². The number of fused-ring (bicyclic) bond motifs is 1. The summed E-state index contributed by atoms with van der Waals surface area (Å²) in [6.45, 7) is 2.69. The summed E-state index contributed by atoms with van der Waals surface area (Å²) in [5.41, 5.74) is 0.947. The zero-order valence-corrected chi connectivity index (χ0v) is 13.4. The molecule has 3 rings (SSSR count). The Hall–Kier alpha value is -1.30. The lowest BCUT2D eigenvalue weighted by atomic mass is 10.0. The average molecular weight is 325 g/mol. The molecule has 0 spiro atoms. The van der Waals surface area contributed by atoms with Crippen LogP contribution in [-0.4, -0.2) is 50.3 Å². The van der Waals surface area contributed by atoms with Crippen molar-refractivity contribution in [3.63, 3.8) is 0 Å². The smallest absolute Gasteiger partial charge is 0.250 e. The molecule has 2 heterocycles. The third kappa shape index (κ3) is 3.37. The minimum absolute atomic E-state index is 0.0654. The van der Waals surface area contributed by atoms with E-state index >= 15 is 0 Å². The molecule has 120 valence electrons. The summed E-state index contributed by atoms with van der Waals surface area (Å²) in [6.07, 6.45) is 1.30. The molecule has 1 aromatic rings. The number of hydrogen-bond acceptors (Lipinski definition) is 4. The Balaban J connectivity index is 1.75. The number of hydrogen-bond donors (Lipinski definition) is 1. The van der Waals surface area contributed by atoms with Gasteiger partial charge in [0.2, 0.25) is 0 Å². The van der Waals surface area contributed by atoms with Crippen LogP contribution < -0.4 is 10.1 Å². The molecule has 2 aliphatic rings. The van der Waals surface area contributed by atoms with Gasteiger partial charge in [0, 0.05) is 18.7 Å². The Morgan fingerprint density at radius 1 is 1.41 bits per heavy atom. The highest BCUT2D eigenvalue weighted by atomic mass is 35.5. The van der Waals surface area contributed by atoms with Gasteiger partial charge in [-0.15, -0.1) is 0 Å². The number of morpholine rings is 1. The van der Waals surface area contributed by atoms with E-state index in [4.69, 9.17) is 21.1 Å². The molecule has 0 bridgehead atoms. The Labute approximate surface area is 135 Å². The fourth-order valence-corrected chi connectivity index (χ4v) is 3.16. The number of nitrogens with one attached hydrogen (secondary N) is 1. The number of nitrogens with zero attached hydrogens (tertiary/aromatic N) is 1. The molecule has 22 heavy (non-hydrogen) atoms. The predicted octanol–water partition coefficient (Wildman–Crippen LogP) is 2.00. The fraction of sp³-hybridized carbons (Fsp3) is 0.562. The van der Waals surface area contributed by atoms with E-state index in [2.05, 4.69) is 10.2 Å². The van der Waals surface area contributed by atoms with Crippen LogP contribution in [0.2, 0.25) is 5.02 Å². The van der Waals surface area contributed by atoms with Crippen LogP contribution in [-0.2, 0) is 9.53 Å². The molecule has 1 N–H and O–H groups in total. The second-order valence-corrected chi connectivity index (χ2v) is 6.24. The molecule has 1 amide bonds. The summed E-state index contributed by atoms with van der Waals surface area (Å²) in [5.74, 6) is 0.623. The molecule has 1 aromatic carbocycles. The first-order valence-electron chi connectivity index (χ1n) is 7.67.